The number of carbonyl (C=O) groups excluding carboxylic acids is 2. The van der Waals surface area contributed by atoms with Crippen molar-refractivity contribution in [2.75, 3.05) is 13.2 Å². The van der Waals surface area contributed by atoms with E-state index in [0.717, 1.165) is 6.42 Å². The molecule has 0 aliphatic rings. The van der Waals surface area contributed by atoms with Crippen molar-refractivity contribution in [1.82, 2.24) is 10.6 Å². The van der Waals surface area contributed by atoms with Crippen molar-refractivity contribution in [1.29, 1.82) is 0 Å². The van der Waals surface area contributed by atoms with E-state index in [0.29, 0.717) is 31.4 Å². The van der Waals surface area contributed by atoms with Crippen LogP contribution in [0.3, 0.4) is 0 Å². The normalized spacial score (nSPS) is 12.4. The Hall–Kier alpha value is -1.26. The molecule has 0 rings (SSSR count). The Morgan fingerprint density at radius 2 is 1.74 bits per heavy atom. The van der Waals surface area contributed by atoms with Gasteiger partial charge in [-0.15, -0.1) is 0 Å². The minimum absolute atomic E-state index is 0.137. The van der Waals surface area contributed by atoms with Gasteiger partial charge in [0.05, 0.1) is 6.61 Å². The molecule has 5 nitrogen and oxygen atoms in total. The van der Waals surface area contributed by atoms with Crippen LogP contribution >= 0.6 is 0 Å². The lowest BCUT2D eigenvalue weighted by atomic mass is 10.0. The van der Waals surface area contributed by atoms with Crippen LogP contribution in [0.5, 0.6) is 0 Å². The van der Waals surface area contributed by atoms with Gasteiger partial charge in [-0.1, -0.05) is 27.7 Å². The largest absolute Gasteiger partial charge is 0.450 e. The maximum absolute atomic E-state index is 12.0. The van der Waals surface area contributed by atoms with Gasteiger partial charge in [0.1, 0.15) is 6.04 Å². The van der Waals surface area contributed by atoms with E-state index in [-0.39, 0.29) is 5.91 Å². The molecule has 0 aliphatic heterocycles. The second kappa shape index (κ2) is 9.64. The predicted octanol–water partition coefficient (Wildman–Crippen LogP) is 2.31. The molecule has 0 saturated heterocycles. The van der Waals surface area contributed by atoms with Gasteiger partial charge in [-0.25, -0.2) is 4.79 Å². The quantitative estimate of drug-likeness (QED) is 0.712. The number of hydrogen-bond donors (Lipinski definition) is 2. The first-order valence-corrected chi connectivity index (χ1v) is 7.07. The standard InChI is InChI=1S/C14H28N2O3/c1-6-19-14(18)16-12(9-11(4)5)13(17)15-8-7-10(2)3/h10-12H,6-9H2,1-5H3,(H,15,17)(H,16,18)/t12-/m0/s1. The maximum Gasteiger partial charge on any atom is 0.407 e. The first-order chi connectivity index (χ1) is 8.86. The third kappa shape index (κ3) is 9.33. The highest BCUT2D eigenvalue weighted by Gasteiger charge is 2.22. The molecule has 0 heterocycles. The third-order valence-corrected chi connectivity index (χ3v) is 2.61. The van der Waals surface area contributed by atoms with Gasteiger partial charge in [-0.2, -0.15) is 0 Å². The lowest BCUT2D eigenvalue weighted by molar-refractivity contribution is -0.123. The molecule has 112 valence electrons. The van der Waals surface area contributed by atoms with Gasteiger partial charge in [0, 0.05) is 6.54 Å². The van der Waals surface area contributed by atoms with Crippen LogP contribution < -0.4 is 10.6 Å². The molecular formula is C14H28N2O3. The summed E-state index contributed by atoms with van der Waals surface area (Å²) in [5, 5.41) is 5.47. The zero-order valence-corrected chi connectivity index (χ0v) is 12.8. The molecule has 2 N–H and O–H groups in total. The number of ether oxygens (including phenoxy) is 1. The Morgan fingerprint density at radius 3 is 2.21 bits per heavy atom. The van der Waals surface area contributed by atoms with Crippen molar-refractivity contribution < 1.29 is 14.3 Å². The van der Waals surface area contributed by atoms with Crippen LogP contribution in [-0.2, 0) is 9.53 Å². The zero-order valence-electron chi connectivity index (χ0n) is 12.8. The van der Waals surface area contributed by atoms with E-state index in [4.69, 9.17) is 4.74 Å². The van der Waals surface area contributed by atoms with Gasteiger partial charge < -0.3 is 15.4 Å². The summed E-state index contributed by atoms with van der Waals surface area (Å²) in [6.45, 7) is 10.9. The SMILES string of the molecule is CCOC(=O)N[C@@H](CC(C)C)C(=O)NCCC(C)C. The van der Waals surface area contributed by atoms with Crippen molar-refractivity contribution >= 4 is 12.0 Å². The molecule has 0 fully saturated rings. The van der Waals surface area contributed by atoms with Gasteiger partial charge in [0.2, 0.25) is 5.91 Å². The Kier molecular flexibility index (Phi) is 9.00. The molecule has 0 unspecified atom stereocenters. The number of carbonyl (C=O) groups is 2. The minimum Gasteiger partial charge on any atom is -0.450 e. The lowest BCUT2D eigenvalue weighted by Gasteiger charge is -2.20. The van der Waals surface area contributed by atoms with Crippen LogP contribution in [0.15, 0.2) is 0 Å². The first-order valence-electron chi connectivity index (χ1n) is 7.07. The highest BCUT2D eigenvalue weighted by Crippen LogP contribution is 2.06. The Balaban J connectivity index is 4.30. The van der Waals surface area contributed by atoms with E-state index in [2.05, 4.69) is 24.5 Å². The summed E-state index contributed by atoms with van der Waals surface area (Å²) in [4.78, 5) is 23.4. The van der Waals surface area contributed by atoms with Crippen molar-refractivity contribution in [2.24, 2.45) is 11.8 Å². The molecule has 0 aromatic heterocycles. The Bertz CT molecular complexity index is 278. The average Bonchev–Trinajstić information content (AvgIpc) is 2.27. The van der Waals surface area contributed by atoms with Gasteiger partial charge in [0.15, 0.2) is 0 Å². The van der Waals surface area contributed by atoms with E-state index in [9.17, 15) is 9.59 Å². The zero-order chi connectivity index (χ0) is 14.8. The van der Waals surface area contributed by atoms with E-state index < -0.39 is 12.1 Å². The molecular weight excluding hydrogens is 244 g/mol. The minimum atomic E-state index is -0.535. The fourth-order valence-corrected chi connectivity index (χ4v) is 1.63. The molecule has 0 bridgehead atoms. The van der Waals surface area contributed by atoms with Crippen molar-refractivity contribution in [3.63, 3.8) is 0 Å². The lowest BCUT2D eigenvalue weighted by Crippen LogP contribution is -2.47. The Morgan fingerprint density at radius 1 is 1.11 bits per heavy atom. The number of alkyl carbamates (subject to hydrolysis) is 1. The summed E-state index contributed by atoms with van der Waals surface area (Å²) in [5.41, 5.74) is 0. The molecule has 0 aromatic rings. The van der Waals surface area contributed by atoms with Crippen LogP contribution in [0.2, 0.25) is 0 Å². The molecule has 19 heavy (non-hydrogen) atoms. The van der Waals surface area contributed by atoms with E-state index in [1.54, 1.807) is 6.92 Å². The molecule has 0 spiro atoms. The maximum atomic E-state index is 12.0. The smallest absolute Gasteiger partial charge is 0.407 e. The molecule has 0 saturated carbocycles. The van der Waals surface area contributed by atoms with E-state index >= 15 is 0 Å². The van der Waals surface area contributed by atoms with Crippen LogP contribution in [0.1, 0.15) is 47.5 Å². The average molecular weight is 272 g/mol. The van der Waals surface area contributed by atoms with E-state index in [1.165, 1.54) is 0 Å². The number of nitrogens with one attached hydrogen (secondary N) is 2. The summed E-state index contributed by atoms with van der Waals surface area (Å²) in [6.07, 6.45) is 0.999. The molecule has 0 radical (unpaired) electrons. The summed E-state index contributed by atoms with van der Waals surface area (Å²) in [5.74, 6) is 0.729. The van der Waals surface area contributed by atoms with Gasteiger partial charge in [-0.05, 0) is 31.6 Å². The molecule has 0 aliphatic carbocycles. The summed E-state index contributed by atoms with van der Waals surface area (Å²) >= 11 is 0. The summed E-state index contributed by atoms with van der Waals surface area (Å²) in [7, 11) is 0. The van der Waals surface area contributed by atoms with Crippen molar-refractivity contribution in [2.45, 2.75) is 53.5 Å². The molecule has 1 atom stereocenters. The highest BCUT2D eigenvalue weighted by molar-refractivity contribution is 5.85. The van der Waals surface area contributed by atoms with Crippen LogP contribution in [0.4, 0.5) is 4.79 Å². The first kappa shape index (κ1) is 17.7. The van der Waals surface area contributed by atoms with Crippen LogP contribution in [-0.4, -0.2) is 31.2 Å². The number of hydrogen-bond acceptors (Lipinski definition) is 3. The third-order valence-electron chi connectivity index (χ3n) is 2.61. The van der Waals surface area contributed by atoms with Crippen LogP contribution in [0.25, 0.3) is 0 Å². The number of rotatable bonds is 8. The molecule has 0 aromatic carbocycles. The summed E-state index contributed by atoms with van der Waals surface area (Å²) in [6, 6.07) is -0.522. The second-order valence-electron chi connectivity index (χ2n) is 5.52. The fourth-order valence-electron chi connectivity index (χ4n) is 1.63. The van der Waals surface area contributed by atoms with Crippen LogP contribution in [0, 0.1) is 11.8 Å². The second-order valence-corrected chi connectivity index (χ2v) is 5.52. The molecule has 5 heteroatoms. The van der Waals surface area contributed by atoms with Gasteiger partial charge in [-0.3, -0.25) is 4.79 Å². The summed E-state index contributed by atoms with van der Waals surface area (Å²) < 4.78 is 4.82. The topological polar surface area (TPSA) is 67.4 Å². The highest BCUT2D eigenvalue weighted by atomic mass is 16.5. The number of amides is 2. The fraction of sp³-hybridized carbons (Fsp3) is 0.857. The molecule has 2 amide bonds. The predicted molar refractivity (Wildman–Crippen MR) is 75.9 cm³/mol. The van der Waals surface area contributed by atoms with Gasteiger partial charge >= 0.3 is 6.09 Å². The monoisotopic (exact) mass is 272 g/mol. The van der Waals surface area contributed by atoms with Crippen molar-refractivity contribution in [3.8, 4) is 0 Å². The van der Waals surface area contributed by atoms with Gasteiger partial charge in [0.25, 0.3) is 0 Å². The van der Waals surface area contributed by atoms with Crippen molar-refractivity contribution in [3.05, 3.63) is 0 Å². The van der Waals surface area contributed by atoms with E-state index in [1.807, 2.05) is 13.8 Å². The Labute approximate surface area is 116 Å².